The first-order valence-corrected chi connectivity index (χ1v) is 9.13. The zero-order valence-electron chi connectivity index (χ0n) is 15.8. The van der Waals surface area contributed by atoms with E-state index in [1.165, 1.54) is 0 Å². The average Bonchev–Trinajstić information content (AvgIpc) is 2.66. The van der Waals surface area contributed by atoms with Gasteiger partial charge in [0.05, 0.1) is 25.4 Å². The summed E-state index contributed by atoms with van der Waals surface area (Å²) in [6.07, 6.45) is 1.70. The zero-order valence-corrected chi connectivity index (χ0v) is 15.8. The normalized spacial score (nSPS) is 16.3. The predicted octanol–water partition coefficient (Wildman–Crippen LogP) is 0.880. The van der Waals surface area contributed by atoms with E-state index in [4.69, 9.17) is 10.5 Å². The van der Waals surface area contributed by atoms with Gasteiger partial charge in [0.15, 0.2) is 0 Å². The van der Waals surface area contributed by atoms with Crippen LogP contribution in [-0.4, -0.2) is 50.6 Å². The Labute approximate surface area is 155 Å². The summed E-state index contributed by atoms with van der Waals surface area (Å²) in [6.45, 7) is 5.40. The van der Waals surface area contributed by atoms with E-state index in [1.807, 2.05) is 38.1 Å². The molecule has 1 fully saturated rings. The Bertz CT molecular complexity index is 613. The van der Waals surface area contributed by atoms with Gasteiger partial charge < -0.3 is 26.0 Å². The predicted molar refractivity (Wildman–Crippen MR) is 102 cm³/mol. The van der Waals surface area contributed by atoms with Gasteiger partial charge in [0.25, 0.3) is 0 Å². The third-order valence-corrected chi connectivity index (χ3v) is 4.73. The Kier molecular flexibility index (Phi) is 7.26. The monoisotopic (exact) mass is 362 g/mol. The molecule has 7 heteroatoms. The Morgan fingerprint density at radius 1 is 1.27 bits per heavy atom. The van der Waals surface area contributed by atoms with Crippen molar-refractivity contribution < 1.29 is 14.3 Å². The van der Waals surface area contributed by atoms with E-state index in [9.17, 15) is 9.59 Å². The second kappa shape index (κ2) is 9.43. The molecule has 2 amide bonds. The number of anilines is 1. The highest BCUT2D eigenvalue weighted by atomic mass is 16.5. The van der Waals surface area contributed by atoms with Crippen LogP contribution in [0.1, 0.15) is 26.7 Å². The lowest BCUT2D eigenvalue weighted by Crippen LogP contribution is -2.50. The largest absolute Gasteiger partial charge is 0.495 e. The van der Waals surface area contributed by atoms with E-state index in [1.54, 1.807) is 7.11 Å². The lowest BCUT2D eigenvalue weighted by atomic mass is 10.0. The highest BCUT2D eigenvalue weighted by Gasteiger charge is 2.23. The summed E-state index contributed by atoms with van der Waals surface area (Å²) in [7, 11) is 1.67. The summed E-state index contributed by atoms with van der Waals surface area (Å²) in [5, 5.41) is 5.59. The Hall–Kier alpha value is -2.28. The van der Waals surface area contributed by atoms with E-state index in [0.717, 1.165) is 37.4 Å². The smallest absolute Gasteiger partial charge is 0.239 e. The maximum Gasteiger partial charge on any atom is 0.239 e. The van der Waals surface area contributed by atoms with Crippen molar-refractivity contribution in [3.8, 4) is 5.75 Å². The molecule has 0 spiro atoms. The summed E-state index contributed by atoms with van der Waals surface area (Å²) >= 11 is 0. The fourth-order valence-electron chi connectivity index (χ4n) is 3.02. The lowest BCUT2D eigenvalue weighted by molar-refractivity contribution is -0.127. The molecular weight excluding hydrogens is 332 g/mol. The third kappa shape index (κ3) is 5.36. The number of benzene rings is 1. The number of nitrogens with zero attached hydrogens (tertiary/aromatic N) is 1. The van der Waals surface area contributed by atoms with Crippen LogP contribution < -0.4 is 26.0 Å². The number of methoxy groups -OCH3 is 1. The number of rotatable bonds is 7. The van der Waals surface area contributed by atoms with Gasteiger partial charge in [-0.15, -0.1) is 0 Å². The number of para-hydroxylation sites is 2. The standard InChI is InChI=1S/C19H30N4O3/c1-13(2)18(20)19(25)21-12-17(24)22-14-8-10-23(11-9-14)15-6-4-5-7-16(15)26-3/h4-7,13-14,18H,8-12,20H2,1-3H3,(H,21,25)(H,22,24)/t18-/m0/s1. The van der Waals surface area contributed by atoms with E-state index >= 15 is 0 Å². The Balaban J connectivity index is 1.76. The second-order valence-corrected chi connectivity index (χ2v) is 6.99. The molecule has 1 saturated heterocycles. The minimum Gasteiger partial charge on any atom is -0.495 e. The highest BCUT2D eigenvalue weighted by molar-refractivity contribution is 5.87. The molecule has 1 aromatic carbocycles. The topological polar surface area (TPSA) is 96.7 Å². The van der Waals surface area contributed by atoms with Crippen LogP contribution in [0.5, 0.6) is 5.75 Å². The Morgan fingerprint density at radius 2 is 1.92 bits per heavy atom. The molecule has 1 aliphatic rings. The summed E-state index contributed by atoms with van der Waals surface area (Å²) < 4.78 is 5.42. The summed E-state index contributed by atoms with van der Waals surface area (Å²) in [6, 6.07) is 7.47. The number of hydrogen-bond acceptors (Lipinski definition) is 5. The van der Waals surface area contributed by atoms with Gasteiger partial charge in [-0.2, -0.15) is 0 Å². The van der Waals surface area contributed by atoms with Gasteiger partial charge in [-0.05, 0) is 30.9 Å². The molecule has 0 radical (unpaired) electrons. The molecule has 1 heterocycles. The van der Waals surface area contributed by atoms with Crippen molar-refractivity contribution in [1.82, 2.24) is 10.6 Å². The first kappa shape index (κ1) is 20.0. The molecule has 1 atom stereocenters. The number of ether oxygens (including phenoxy) is 1. The van der Waals surface area contributed by atoms with Gasteiger partial charge in [-0.25, -0.2) is 0 Å². The van der Waals surface area contributed by atoms with Crippen LogP contribution in [0.2, 0.25) is 0 Å². The van der Waals surface area contributed by atoms with Crippen LogP contribution in [0, 0.1) is 5.92 Å². The van der Waals surface area contributed by atoms with Crippen molar-refractivity contribution in [1.29, 1.82) is 0 Å². The summed E-state index contributed by atoms with van der Waals surface area (Å²) in [5.74, 6) is 0.433. The quantitative estimate of drug-likeness (QED) is 0.669. The number of hydrogen-bond donors (Lipinski definition) is 3. The summed E-state index contributed by atoms with van der Waals surface area (Å²) in [4.78, 5) is 26.1. The molecule has 0 aliphatic carbocycles. The van der Waals surface area contributed by atoms with Crippen molar-refractivity contribution in [2.24, 2.45) is 11.7 Å². The molecule has 7 nitrogen and oxygen atoms in total. The van der Waals surface area contributed by atoms with Gasteiger partial charge in [0, 0.05) is 19.1 Å². The second-order valence-electron chi connectivity index (χ2n) is 6.99. The molecular formula is C19H30N4O3. The van der Waals surface area contributed by atoms with Crippen LogP contribution in [0.4, 0.5) is 5.69 Å². The Morgan fingerprint density at radius 3 is 2.54 bits per heavy atom. The molecule has 2 rings (SSSR count). The van der Waals surface area contributed by atoms with Crippen LogP contribution in [0.3, 0.4) is 0 Å². The SMILES string of the molecule is COc1ccccc1N1CCC(NC(=O)CNC(=O)[C@@H](N)C(C)C)CC1. The minimum atomic E-state index is -0.591. The zero-order chi connectivity index (χ0) is 19.1. The number of nitrogens with one attached hydrogen (secondary N) is 2. The van der Waals surface area contributed by atoms with Gasteiger partial charge >= 0.3 is 0 Å². The molecule has 0 aromatic heterocycles. The summed E-state index contributed by atoms with van der Waals surface area (Å²) in [5.41, 5.74) is 6.84. The maximum atomic E-state index is 12.1. The molecule has 4 N–H and O–H groups in total. The molecule has 0 unspecified atom stereocenters. The van der Waals surface area contributed by atoms with E-state index in [0.29, 0.717) is 0 Å². The number of piperidine rings is 1. The molecule has 0 saturated carbocycles. The van der Waals surface area contributed by atoms with Crippen molar-refractivity contribution in [2.45, 2.75) is 38.8 Å². The molecule has 1 aliphatic heterocycles. The van der Waals surface area contributed by atoms with Gasteiger partial charge in [0.2, 0.25) is 11.8 Å². The number of carbonyl (C=O) groups excluding carboxylic acids is 2. The van der Waals surface area contributed by atoms with Crippen LogP contribution in [0.25, 0.3) is 0 Å². The van der Waals surface area contributed by atoms with Crippen molar-refractivity contribution >= 4 is 17.5 Å². The fraction of sp³-hybridized carbons (Fsp3) is 0.579. The van der Waals surface area contributed by atoms with Crippen molar-refractivity contribution in [2.75, 3.05) is 31.6 Å². The van der Waals surface area contributed by atoms with E-state index in [2.05, 4.69) is 15.5 Å². The first-order valence-electron chi connectivity index (χ1n) is 9.13. The lowest BCUT2D eigenvalue weighted by Gasteiger charge is -2.34. The maximum absolute atomic E-state index is 12.1. The molecule has 26 heavy (non-hydrogen) atoms. The fourth-order valence-corrected chi connectivity index (χ4v) is 3.02. The van der Waals surface area contributed by atoms with Gasteiger partial charge in [-0.3, -0.25) is 9.59 Å². The van der Waals surface area contributed by atoms with E-state index < -0.39 is 6.04 Å². The number of amides is 2. The molecule has 144 valence electrons. The number of nitrogens with two attached hydrogens (primary N) is 1. The van der Waals surface area contributed by atoms with Gasteiger partial charge in [-0.1, -0.05) is 26.0 Å². The van der Waals surface area contributed by atoms with Crippen molar-refractivity contribution in [3.05, 3.63) is 24.3 Å². The van der Waals surface area contributed by atoms with Crippen LogP contribution >= 0.6 is 0 Å². The first-order chi connectivity index (χ1) is 12.4. The minimum absolute atomic E-state index is 0.0357. The highest BCUT2D eigenvalue weighted by Crippen LogP contribution is 2.29. The van der Waals surface area contributed by atoms with Crippen molar-refractivity contribution in [3.63, 3.8) is 0 Å². The van der Waals surface area contributed by atoms with Gasteiger partial charge in [0.1, 0.15) is 5.75 Å². The van der Waals surface area contributed by atoms with Crippen LogP contribution in [-0.2, 0) is 9.59 Å². The average molecular weight is 362 g/mol. The molecule has 0 bridgehead atoms. The molecule has 1 aromatic rings. The van der Waals surface area contributed by atoms with Crippen LogP contribution in [0.15, 0.2) is 24.3 Å². The third-order valence-electron chi connectivity index (χ3n) is 4.73. The van der Waals surface area contributed by atoms with E-state index in [-0.39, 0.29) is 30.3 Å². The number of carbonyl (C=O) groups is 2.